The molecule has 1 nitrogen and oxygen atoms in total. The molecule has 1 heterocycles. The normalized spacial score (nSPS) is 26.0. The summed E-state index contributed by atoms with van der Waals surface area (Å²) in [6.07, 6.45) is 0.148. The monoisotopic (exact) mass is 290 g/mol. The highest BCUT2D eigenvalue weighted by molar-refractivity contribution is 8.07. The van der Waals surface area contributed by atoms with Crippen LogP contribution in [0.25, 0.3) is 0 Å². The van der Waals surface area contributed by atoms with Gasteiger partial charge in [0.2, 0.25) is 0 Å². The van der Waals surface area contributed by atoms with Crippen molar-refractivity contribution in [3.05, 3.63) is 35.4 Å². The summed E-state index contributed by atoms with van der Waals surface area (Å²) in [5, 5.41) is 10.7. The molecule has 0 saturated carbocycles. The number of halogens is 2. The molecule has 1 saturated heterocycles. The van der Waals surface area contributed by atoms with Crippen molar-refractivity contribution < 1.29 is 13.9 Å². The van der Waals surface area contributed by atoms with Crippen LogP contribution in [0.5, 0.6) is 0 Å². The standard InChI is InChI=1S/C13H16F2OS2/c1-2-11-13(18-4-3-17-11)12(16)8-5-9(14)7-10(15)6-8/h5-7,11-13,16H,2-4H2,1H3. The molecule has 1 N–H and O–H groups in total. The van der Waals surface area contributed by atoms with Gasteiger partial charge in [0.25, 0.3) is 0 Å². The second-order valence-corrected chi connectivity index (χ2v) is 6.93. The first-order valence-corrected chi connectivity index (χ1v) is 8.09. The van der Waals surface area contributed by atoms with E-state index in [-0.39, 0.29) is 5.25 Å². The van der Waals surface area contributed by atoms with Crippen molar-refractivity contribution in [3.63, 3.8) is 0 Å². The third kappa shape index (κ3) is 3.19. The SMILES string of the molecule is CCC1SCCSC1C(O)c1cc(F)cc(F)c1. The Bertz CT molecular complexity index is 394. The number of hydrogen-bond acceptors (Lipinski definition) is 3. The van der Waals surface area contributed by atoms with Crippen molar-refractivity contribution in [1.82, 2.24) is 0 Å². The Labute approximate surface area is 114 Å². The van der Waals surface area contributed by atoms with E-state index in [9.17, 15) is 13.9 Å². The summed E-state index contributed by atoms with van der Waals surface area (Å²) in [5.74, 6) is 0.779. The lowest BCUT2D eigenvalue weighted by molar-refractivity contribution is 0.171. The van der Waals surface area contributed by atoms with Crippen molar-refractivity contribution in [2.75, 3.05) is 11.5 Å². The number of aliphatic hydroxyl groups excluding tert-OH is 1. The summed E-state index contributed by atoms with van der Waals surface area (Å²) in [6.45, 7) is 2.08. The highest BCUT2D eigenvalue weighted by atomic mass is 32.2. The largest absolute Gasteiger partial charge is 0.387 e. The minimum Gasteiger partial charge on any atom is -0.387 e. The minimum absolute atomic E-state index is 0.00921. The molecule has 1 aromatic rings. The molecule has 0 spiro atoms. The Morgan fingerprint density at radius 2 is 1.83 bits per heavy atom. The molecule has 1 aliphatic rings. The van der Waals surface area contributed by atoms with Crippen LogP contribution in [-0.2, 0) is 0 Å². The van der Waals surface area contributed by atoms with Crippen LogP contribution in [0.3, 0.4) is 0 Å². The third-order valence-electron chi connectivity index (χ3n) is 3.03. The molecule has 5 heteroatoms. The van der Waals surface area contributed by atoms with Crippen LogP contribution in [0, 0.1) is 11.6 Å². The van der Waals surface area contributed by atoms with Gasteiger partial charge in [0, 0.05) is 28.1 Å². The molecule has 18 heavy (non-hydrogen) atoms. The Hall–Kier alpha value is -0.260. The molecule has 100 valence electrons. The number of rotatable bonds is 3. The maximum absolute atomic E-state index is 13.2. The molecule has 1 aromatic carbocycles. The van der Waals surface area contributed by atoms with Crippen molar-refractivity contribution >= 4 is 23.5 Å². The van der Waals surface area contributed by atoms with Gasteiger partial charge in [-0.2, -0.15) is 23.5 Å². The van der Waals surface area contributed by atoms with Crippen LogP contribution in [0.15, 0.2) is 18.2 Å². The third-order valence-corrected chi connectivity index (χ3v) is 6.37. The molecular weight excluding hydrogens is 274 g/mol. The Kier molecular flexibility index (Phi) is 4.92. The lowest BCUT2D eigenvalue weighted by Gasteiger charge is -2.33. The van der Waals surface area contributed by atoms with Crippen LogP contribution < -0.4 is 0 Å². The Morgan fingerprint density at radius 1 is 1.22 bits per heavy atom. The van der Waals surface area contributed by atoms with Crippen LogP contribution in [0.1, 0.15) is 25.0 Å². The van der Waals surface area contributed by atoms with Gasteiger partial charge in [0.1, 0.15) is 11.6 Å². The first kappa shape index (κ1) is 14.2. The van der Waals surface area contributed by atoms with E-state index < -0.39 is 17.7 Å². The quantitative estimate of drug-likeness (QED) is 0.918. The number of benzene rings is 1. The molecule has 3 atom stereocenters. The first-order chi connectivity index (χ1) is 8.61. The molecule has 3 unspecified atom stereocenters. The Morgan fingerprint density at radius 3 is 2.44 bits per heavy atom. The highest BCUT2D eigenvalue weighted by Gasteiger charge is 2.32. The lowest BCUT2D eigenvalue weighted by atomic mass is 10.0. The zero-order valence-corrected chi connectivity index (χ0v) is 11.7. The van der Waals surface area contributed by atoms with Crippen molar-refractivity contribution in [1.29, 1.82) is 0 Å². The van der Waals surface area contributed by atoms with E-state index in [4.69, 9.17) is 0 Å². The van der Waals surface area contributed by atoms with E-state index in [1.807, 2.05) is 11.8 Å². The zero-order valence-electron chi connectivity index (χ0n) is 10.1. The second kappa shape index (κ2) is 6.26. The van der Waals surface area contributed by atoms with Gasteiger partial charge in [-0.3, -0.25) is 0 Å². The topological polar surface area (TPSA) is 20.2 Å². The highest BCUT2D eigenvalue weighted by Crippen LogP contribution is 2.40. The average Bonchev–Trinajstić information content (AvgIpc) is 2.36. The Balaban J connectivity index is 2.20. The molecule has 2 rings (SSSR count). The number of hydrogen-bond donors (Lipinski definition) is 1. The molecule has 1 aliphatic heterocycles. The van der Waals surface area contributed by atoms with Gasteiger partial charge in [-0.05, 0) is 24.1 Å². The van der Waals surface area contributed by atoms with Crippen LogP contribution in [0.2, 0.25) is 0 Å². The fourth-order valence-electron chi connectivity index (χ4n) is 2.17. The molecule has 0 aromatic heterocycles. The fourth-order valence-corrected chi connectivity index (χ4v) is 5.30. The minimum atomic E-state index is -0.807. The van der Waals surface area contributed by atoms with Crippen molar-refractivity contribution in [3.8, 4) is 0 Å². The van der Waals surface area contributed by atoms with Gasteiger partial charge in [0.15, 0.2) is 0 Å². The van der Waals surface area contributed by atoms with E-state index in [1.54, 1.807) is 11.8 Å². The van der Waals surface area contributed by atoms with Gasteiger partial charge >= 0.3 is 0 Å². The summed E-state index contributed by atoms with van der Waals surface area (Å²) in [5.41, 5.74) is 0.339. The number of aliphatic hydroxyl groups is 1. The van der Waals surface area contributed by atoms with Gasteiger partial charge in [-0.1, -0.05) is 6.92 Å². The predicted molar refractivity (Wildman–Crippen MR) is 74.1 cm³/mol. The number of thioether (sulfide) groups is 2. The molecule has 0 amide bonds. The summed E-state index contributed by atoms with van der Waals surface area (Å²) >= 11 is 3.53. The van der Waals surface area contributed by atoms with Crippen LogP contribution in [0.4, 0.5) is 8.78 Å². The van der Waals surface area contributed by atoms with Gasteiger partial charge < -0.3 is 5.11 Å². The summed E-state index contributed by atoms with van der Waals surface area (Å²) in [6, 6.07) is 3.27. The summed E-state index contributed by atoms with van der Waals surface area (Å²) < 4.78 is 26.3. The van der Waals surface area contributed by atoms with Crippen molar-refractivity contribution in [2.45, 2.75) is 29.9 Å². The molecule has 0 radical (unpaired) electrons. The van der Waals surface area contributed by atoms with E-state index in [2.05, 4.69) is 6.92 Å². The molecule has 0 aliphatic carbocycles. The smallest absolute Gasteiger partial charge is 0.126 e. The van der Waals surface area contributed by atoms with Gasteiger partial charge in [-0.15, -0.1) is 0 Å². The summed E-state index contributed by atoms with van der Waals surface area (Å²) in [7, 11) is 0. The van der Waals surface area contributed by atoms with E-state index >= 15 is 0 Å². The van der Waals surface area contributed by atoms with Crippen LogP contribution >= 0.6 is 23.5 Å². The fraction of sp³-hybridized carbons (Fsp3) is 0.538. The lowest BCUT2D eigenvalue weighted by Crippen LogP contribution is -2.31. The van der Waals surface area contributed by atoms with Crippen LogP contribution in [-0.4, -0.2) is 27.1 Å². The first-order valence-electron chi connectivity index (χ1n) is 5.99. The summed E-state index contributed by atoms with van der Waals surface area (Å²) in [4.78, 5) is 0. The maximum atomic E-state index is 13.2. The molecule has 1 fully saturated rings. The zero-order chi connectivity index (χ0) is 13.1. The molecule has 0 bridgehead atoms. The van der Waals surface area contributed by atoms with E-state index in [0.717, 1.165) is 24.0 Å². The molecular formula is C13H16F2OS2. The van der Waals surface area contributed by atoms with Gasteiger partial charge in [0.05, 0.1) is 6.10 Å². The predicted octanol–water partition coefficient (Wildman–Crippen LogP) is 3.63. The van der Waals surface area contributed by atoms with Crippen molar-refractivity contribution in [2.24, 2.45) is 0 Å². The van der Waals surface area contributed by atoms with E-state index in [0.29, 0.717) is 10.8 Å². The second-order valence-electron chi connectivity index (χ2n) is 4.30. The average molecular weight is 290 g/mol. The van der Waals surface area contributed by atoms with Gasteiger partial charge in [-0.25, -0.2) is 8.78 Å². The maximum Gasteiger partial charge on any atom is 0.126 e. The van der Waals surface area contributed by atoms with E-state index in [1.165, 1.54) is 12.1 Å².